The van der Waals surface area contributed by atoms with Gasteiger partial charge in [-0.2, -0.15) is 0 Å². The number of anilines is 6. The first-order chi connectivity index (χ1) is 27.3. The Morgan fingerprint density at radius 1 is 0.400 bits per heavy atom. The Morgan fingerprint density at radius 2 is 0.945 bits per heavy atom. The van der Waals surface area contributed by atoms with Crippen molar-refractivity contribution in [3.8, 4) is 11.1 Å². The molecule has 3 aliphatic rings. The van der Waals surface area contributed by atoms with Gasteiger partial charge in [-0.1, -0.05) is 140 Å². The smallest absolute Gasteiger partial charge is 0.0690 e. The van der Waals surface area contributed by atoms with Crippen molar-refractivity contribution in [2.45, 2.75) is 18.3 Å². The first-order valence-electron chi connectivity index (χ1n) is 19.3. The maximum absolute atomic E-state index is 2.55. The highest BCUT2D eigenvalue weighted by Gasteiger charge is 2.53. The molecule has 11 rings (SSSR count). The average Bonchev–Trinajstić information content (AvgIpc) is 3.72. The van der Waals surface area contributed by atoms with Crippen LogP contribution in [0.3, 0.4) is 0 Å². The number of rotatable bonds is 6. The Hall–Kier alpha value is -6.90. The molecule has 0 saturated heterocycles. The zero-order valence-electron chi connectivity index (χ0n) is 30.4. The van der Waals surface area contributed by atoms with E-state index in [0.29, 0.717) is 0 Å². The SMILES string of the molecule is C1=CC2=C(CC1)C1(c3ccccc32)c2cc(N(c3ccccc3)c3ccccc3)ccc2-c2c1cc(N(c1ccccc1)c1ccccc1)c1ccccc21. The molecule has 0 radical (unpaired) electrons. The van der Waals surface area contributed by atoms with E-state index in [1.165, 1.54) is 61.0 Å². The van der Waals surface area contributed by atoms with Crippen molar-refractivity contribution in [2.24, 2.45) is 0 Å². The van der Waals surface area contributed by atoms with Gasteiger partial charge in [0.15, 0.2) is 0 Å². The second kappa shape index (κ2) is 12.6. The van der Waals surface area contributed by atoms with E-state index in [1.54, 1.807) is 0 Å². The summed E-state index contributed by atoms with van der Waals surface area (Å²) in [6.45, 7) is 0. The summed E-state index contributed by atoms with van der Waals surface area (Å²) >= 11 is 0. The molecule has 0 amide bonds. The topological polar surface area (TPSA) is 6.48 Å². The van der Waals surface area contributed by atoms with E-state index in [-0.39, 0.29) is 0 Å². The van der Waals surface area contributed by atoms with Gasteiger partial charge in [0, 0.05) is 33.8 Å². The highest BCUT2D eigenvalue weighted by Crippen LogP contribution is 2.66. The number of hydrogen-bond donors (Lipinski definition) is 0. The van der Waals surface area contributed by atoms with Crippen molar-refractivity contribution in [3.05, 3.63) is 234 Å². The minimum Gasteiger partial charge on any atom is -0.310 e. The van der Waals surface area contributed by atoms with E-state index in [9.17, 15) is 0 Å². The first-order valence-corrected chi connectivity index (χ1v) is 19.3. The van der Waals surface area contributed by atoms with Gasteiger partial charge in [-0.05, 0) is 129 Å². The van der Waals surface area contributed by atoms with Crippen LogP contribution in [0.2, 0.25) is 0 Å². The van der Waals surface area contributed by atoms with Crippen LogP contribution in [0.5, 0.6) is 0 Å². The van der Waals surface area contributed by atoms with Crippen LogP contribution in [0.1, 0.15) is 35.1 Å². The van der Waals surface area contributed by atoms with E-state index >= 15 is 0 Å². The van der Waals surface area contributed by atoms with E-state index in [2.05, 4.69) is 216 Å². The third-order valence-electron chi connectivity index (χ3n) is 11.9. The lowest BCUT2D eigenvalue weighted by Gasteiger charge is -2.35. The number of benzene rings is 8. The molecule has 8 aromatic carbocycles. The van der Waals surface area contributed by atoms with E-state index in [0.717, 1.165) is 41.3 Å². The van der Waals surface area contributed by atoms with Gasteiger partial charge in [-0.15, -0.1) is 0 Å². The minimum absolute atomic E-state index is 0.464. The van der Waals surface area contributed by atoms with E-state index in [4.69, 9.17) is 0 Å². The predicted molar refractivity (Wildman–Crippen MR) is 230 cm³/mol. The lowest BCUT2D eigenvalue weighted by atomic mass is 9.67. The normalized spacial score (nSPS) is 16.1. The van der Waals surface area contributed by atoms with Crippen LogP contribution in [0.4, 0.5) is 34.1 Å². The van der Waals surface area contributed by atoms with Gasteiger partial charge in [-0.3, -0.25) is 0 Å². The maximum Gasteiger partial charge on any atom is 0.0690 e. The molecule has 1 atom stereocenters. The Labute approximate surface area is 322 Å². The van der Waals surface area contributed by atoms with Crippen molar-refractivity contribution < 1.29 is 0 Å². The molecule has 3 aliphatic carbocycles. The third kappa shape index (κ3) is 4.68. The van der Waals surface area contributed by atoms with Gasteiger partial charge < -0.3 is 9.80 Å². The largest absolute Gasteiger partial charge is 0.310 e. The molecule has 0 N–H and O–H groups in total. The number of nitrogens with zero attached hydrogens (tertiary/aromatic N) is 2. The number of allylic oxidation sites excluding steroid dienone is 4. The molecule has 0 saturated carbocycles. The standard InChI is InChI=1S/C53H38N2/c1-5-19-37(20-6-1)54(38-21-7-2-8-22-38)41-33-34-46-49(35-41)53(47-31-17-15-27-42(47)43-28-16-18-32-48(43)53)50-36-51(44-29-13-14-30-45(44)52(46)50)55(39-23-9-3-10-24-39)40-25-11-4-12-26-40/h1-17,19-31,33-36H,18,32H2. The van der Waals surface area contributed by atoms with Crippen molar-refractivity contribution >= 4 is 50.5 Å². The van der Waals surface area contributed by atoms with Crippen molar-refractivity contribution in [3.63, 3.8) is 0 Å². The Morgan fingerprint density at radius 3 is 1.58 bits per heavy atom. The molecule has 260 valence electrons. The van der Waals surface area contributed by atoms with Crippen LogP contribution in [-0.4, -0.2) is 0 Å². The summed E-state index contributed by atoms with van der Waals surface area (Å²) in [7, 11) is 0. The predicted octanol–water partition coefficient (Wildman–Crippen LogP) is 14.2. The molecular formula is C53H38N2. The summed E-state index contributed by atoms with van der Waals surface area (Å²) in [6.07, 6.45) is 6.80. The lowest BCUT2D eigenvalue weighted by molar-refractivity contribution is 0.714. The lowest BCUT2D eigenvalue weighted by Crippen LogP contribution is -2.28. The second-order valence-corrected chi connectivity index (χ2v) is 14.7. The highest BCUT2D eigenvalue weighted by molar-refractivity contribution is 6.12. The average molecular weight is 703 g/mol. The van der Waals surface area contributed by atoms with Crippen LogP contribution in [-0.2, 0) is 5.41 Å². The highest BCUT2D eigenvalue weighted by atomic mass is 15.1. The second-order valence-electron chi connectivity index (χ2n) is 14.7. The molecule has 2 heteroatoms. The number of hydrogen-bond acceptors (Lipinski definition) is 2. The molecule has 1 unspecified atom stereocenters. The molecule has 55 heavy (non-hydrogen) atoms. The molecule has 0 fully saturated rings. The third-order valence-corrected chi connectivity index (χ3v) is 11.9. The summed E-state index contributed by atoms with van der Waals surface area (Å²) in [4.78, 5) is 4.86. The molecule has 0 bridgehead atoms. The number of para-hydroxylation sites is 4. The first kappa shape index (κ1) is 31.6. The molecule has 0 aromatic heterocycles. The Kier molecular flexibility index (Phi) is 7.25. The van der Waals surface area contributed by atoms with Gasteiger partial charge in [0.1, 0.15) is 0 Å². The number of fused-ring (bicyclic) bond motifs is 11. The van der Waals surface area contributed by atoms with Gasteiger partial charge in [0.25, 0.3) is 0 Å². The zero-order valence-corrected chi connectivity index (χ0v) is 30.4. The van der Waals surface area contributed by atoms with Crippen molar-refractivity contribution in [1.29, 1.82) is 0 Å². The summed E-state index contributed by atoms with van der Waals surface area (Å²) in [5.74, 6) is 0. The summed E-state index contributed by atoms with van der Waals surface area (Å²) in [5.41, 5.74) is 17.4. The van der Waals surface area contributed by atoms with Crippen LogP contribution in [0.15, 0.2) is 212 Å². The van der Waals surface area contributed by atoms with Gasteiger partial charge >= 0.3 is 0 Å². The van der Waals surface area contributed by atoms with Crippen molar-refractivity contribution in [2.75, 3.05) is 9.80 Å². The summed E-state index contributed by atoms with van der Waals surface area (Å²) in [5, 5.41) is 2.51. The van der Waals surface area contributed by atoms with E-state index in [1.807, 2.05) is 0 Å². The fraction of sp³-hybridized carbons (Fsp3) is 0.0566. The minimum atomic E-state index is -0.464. The molecule has 2 nitrogen and oxygen atoms in total. The van der Waals surface area contributed by atoms with Crippen LogP contribution < -0.4 is 9.80 Å². The zero-order chi connectivity index (χ0) is 36.3. The maximum atomic E-state index is 2.55. The van der Waals surface area contributed by atoms with Gasteiger partial charge in [-0.25, -0.2) is 0 Å². The van der Waals surface area contributed by atoms with Crippen LogP contribution >= 0.6 is 0 Å². The summed E-state index contributed by atoms with van der Waals surface area (Å²) in [6, 6.07) is 71.3. The monoisotopic (exact) mass is 702 g/mol. The molecule has 8 aromatic rings. The van der Waals surface area contributed by atoms with Crippen LogP contribution in [0.25, 0.3) is 27.5 Å². The molecule has 0 heterocycles. The van der Waals surface area contributed by atoms with Crippen molar-refractivity contribution in [1.82, 2.24) is 0 Å². The van der Waals surface area contributed by atoms with Gasteiger partial charge in [0.2, 0.25) is 0 Å². The molecule has 1 spiro atoms. The Balaban J connectivity index is 1.26. The molecular weight excluding hydrogens is 665 g/mol. The fourth-order valence-corrected chi connectivity index (χ4v) is 9.78. The molecule has 0 aliphatic heterocycles. The van der Waals surface area contributed by atoms with E-state index < -0.39 is 5.41 Å². The van der Waals surface area contributed by atoms with Gasteiger partial charge in [0.05, 0.1) is 11.1 Å². The summed E-state index contributed by atoms with van der Waals surface area (Å²) < 4.78 is 0. The fourth-order valence-electron chi connectivity index (χ4n) is 9.78. The van der Waals surface area contributed by atoms with Crippen LogP contribution in [0, 0.1) is 0 Å². The Bertz CT molecular complexity index is 2720. The quantitative estimate of drug-likeness (QED) is 0.170.